The van der Waals surface area contributed by atoms with Crippen LogP contribution in [0, 0.1) is 5.82 Å². The fourth-order valence-corrected chi connectivity index (χ4v) is 1.81. The minimum atomic E-state index is -0.404. The van der Waals surface area contributed by atoms with Crippen molar-refractivity contribution in [3.8, 4) is 0 Å². The Morgan fingerprint density at radius 2 is 2.17 bits per heavy atom. The minimum absolute atomic E-state index is 0.0555. The third kappa shape index (κ3) is 4.11. The maximum Gasteiger partial charge on any atom is 0.322 e. The van der Waals surface area contributed by atoms with Crippen LogP contribution in [-0.2, 0) is 9.53 Å². The summed E-state index contributed by atoms with van der Waals surface area (Å²) in [6, 6.07) is 5.95. The van der Waals surface area contributed by atoms with Gasteiger partial charge in [0.15, 0.2) is 0 Å². The Morgan fingerprint density at radius 1 is 1.44 bits per heavy atom. The van der Waals surface area contributed by atoms with Gasteiger partial charge in [0.05, 0.1) is 6.61 Å². The van der Waals surface area contributed by atoms with Gasteiger partial charge < -0.3 is 4.74 Å². The number of hydrogen-bond acceptors (Lipinski definition) is 3. The summed E-state index contributed by atoms with van der Waals surface area (Å²) in [5, 5.41) is 3.15. The van der Waals surface area contributed by atoms with Crippen LogP contribution >= 0.6 is 0 Å². The molecule has 1 aromatic rings. The van der Waals surface area contributed by atoms with Crippen molar-refractivity contribution in [1.29, 1.82) is 0 Å². The molecule has 1 rings (SSSR count). The summed E-state index contributed by atoms with van der Waals surface area (Å²) in [5.74, 6) is -0.552. The lowest BCUT2D eigenvalue weighted by atomic mass is 10.0. The van der Waals surface area contributed by atoms with Gasteiger partial charge in [-0.05, 0) is 38.0 Å². The van der Waals surface area contributed by atoms with Gasteiger partial charge in [-0.15, -0.1) is 0 Å². The monoisotopic (exact) mass is 253 g/mol. The Labute approximate surface area is 107 Å². The zero-order valence-electron chi connectivity index (χ0n) is 11.1. The smallest absolute Gasteiger partial charge is 0.322 e. The summed E-state index contributed by atoms with van der Waals surface area (Å²) < 4.78 is 18.1. The van der Waals surface area contributed by atoms with E-state index in [-0.39, 0.29) is 17.8 Å². The predicted octanol–water partition coefficient (Wildman–Crippen LogP) is 2.82. The quantitative estimate of drug-likeness (QED) is 0.792. The van der Waals surface area contributed by atoms with Crippen LogP contribution in [0.25, 0.3) is 0 Å². The van der Waals surface area contributed by atoms with Crippen LogP contribution in [0.2, 0.25) is 0 Å². The molecule has 4 heteroatoms. The first-order chi connectivity index (χ1) is 8.58. The minimum Gasteiger partial charge on any atom is -0.465 e. The molecule has 0 aromatic heterocycles. The van der Waals surface area contributed by atoms with Gasteiger partial charge in [0, 0.05) is 6.04 Å². The van der Waals surface area contributed by atoms with Crippen LogP contribution in [-0.4, -0.2) is 18.6 Å². The fourth-order valence-electron chi connectivity index (χ4n) is 1.81. The summed E-state index contributed by atoms with van der Waals surface area (Å²) >= 11 is 0. The van der Waals surface area contributed by atoms with E-state index in [9.17, 15) is 9.18 Å². The Morgan fingerprint density at radius 3 is 2.72 bits per heavy atom. The van der Waals surface area contributed by atoms with Crippen molar-refractivity contribution in [2.45, 2.75) is 39.3 Å². The second-order valence-corrected chi connectivity index (χ2v) is 4.16. The highest BCUT2D eigenvalue weighted by Gasteiger charge is 2.19. The first kappa shape index (κ1) is 14.6. The molecule has 1 aromatic carbocycles. The number of benzene rings is 1. The standard InChI is InChI=1S/C14H20FNO2/c1-4-13(11-7-6-8-12(15)9-11)16-10(3)14(17)18-5-2/h6-10,13,16H,4-5H2,1-3H3. The average molecular weight is 253 g/mol. The Bertz CT molecular complexity index is 395. The average Bonchev–Trinajstić information content (AvgIpc) is 2.35. The predicted molar refractivity (Wildman–Crippen MR) is 68.7 cm³/mol. The maximum atomic E-state index is 13.2. The number of esters is 1. The second-order valence-electron chi connectivity index (χ2n) is 4.16. The van der Waals surface area contributed by atoms with Gasteiger partial charge in [0.25, 0.3) is 0 Å². The molecule has 0 aliphatic heterocycles. The van der Waals surface area contributed by atoms with Crippen molar-refractivity contribution in [2.24, 2.45) is 0 Å². The van der Waals surface area contributed by atoms with E-state index in [1.807, 2.05) is 13.0 Å². The molecular formula is C14H20FNO2. The molecule has 0 heterocycles. The molecule has 2 unspecified atom stereocenters. The lowest BCUT2D eigenvalue weighted by molar-refractivity contribution is -0.145. The number of nitrogens with one attached hydrogen (secondary N) is 1. The van der Waals surface area contributed by atoms with Crippen LogP contribution in [0.4, 0.5) is 4.39 Å². The highest BCUT2D eigenvalue weighted by Crippen LogP contribution is 2.18. The van der Waals surface area contributed by atoms with Gasteiger partial charge in [0.1, 0.15) is 11.9 Å². The molecule has 0 saturated heterocycles. The highest BCUT2D eigenvalue weighted by atomic mass is 19.1. The molecule has 0 saturated carbocycles. The van der Waals surface area contributed by atoms with Gasteiger partial charge >= 0.3 is 5.97 Å². The van der Waals surface area contributed by atoms with Crippen molar-refractivity contribution in [3.63, 3.8) is 0 Å². The van der Waals surface area contributed by atoms with E-state index in [2.05, 4.69) is 5.32 Å². The molecule has 3 nitrogen and oxygen atoms in total. The van der Waals surface area contributed by atoms with Gasteiger partial charge in [0.2, 0.25) is 0 Å². The number of carbonyl (C=O) groups is 1. The van der Waals surface area contributed by atoms with Crippen molar-refractivity contribution < 1.29 is 13.9 Å². The van der Waals surface area contributed by atoms with E-state index in [4.69, 9.17) is 4.74 Å². The highest BCUT2D eigenvalue weighted by molar-refractivity contribution is 5.75. The maximum absolute atomic E-state index is 13.2. The number of halogens is 1. The van der Waals surface area contributed by atoms with Crippen LogP contribution < -0.4 is 5.32 Å². The molecule has 2 atom stereocenters. The van der Waals surface area contributed by atoms with E-state index >= 15 is 0 Å². The molecule has 0 radical (unpaired) electrons. The van der Waals surface area contributed by atoms with Gasteiger partial charge in [-0.25, -0.2) is 4.39 Å². The number of carbonyl (C=O) groups excluding carboxylic acids is 1. The molecule has 1 N–H and O–H groups in total. The first-order valence-electron chi connectivity index (χ1n) is 6.26. The van der Waals surface area contributed by atoms with E-state index in [1.165, 1.54) is 12.1 Å². The summed E-state index contributed by atoms with van der Waals surface area (Å²) in [4.78, 5) is 11.5. The van der Waals surface area contributed by atoms with Crippen molar-refractivity contribution in [2.75, 3.05) is 6.61 Å². The third-order valence-electron chi connectivity index (χ3n) is 2.75. The van der Waals surface area contributed by atoms with Gasteiger partial charge in [-0.1, -0.05) is 19.1 Å². The fraction of sp³-hybridized carbons (Fsp3) is 0.500. The normalized spacial score (nSPS) is 14.0. The van der Waals surface area contributed by atoms with Gasteiger partial charge in [-0.2, -0.15) is 0 Å². The Balaban J connectivity index is 2.70. The van der Waals surface area contributed by atoms with E-state index in [0.29, 0.717) is 6.61 Å². The zero-order chi connectivity index (χ0) is 13.5. The summed E-state index contributed by atoms with van der Waals surface area (Å²) in [5.41, 5.74) is 0.841. The molecule has 100 valence electrons. The van der Waals surface area contributed by atoms with Crippen LogP contribution in [0.5, 0.6) is 0 Å². The van der Waals surface area contributed by atoms with E-state index < -0.39 is 6.04 Å². The Hall–Kier alpha value is -1.42. The third-order valence-corrected chi connectivity index (χ3v) is 2.75. The van der Waals surface area contributed by atoms with E-state index in [0.717, 1.165) is 12.0 Å². The molecule has 0 fully saturated rings. The number of rotatable bonds is 6. The molecule has 0 aliphatic carbocycles. The van der Waals surface area contributed by atoms with Gasteiger partial charge in [-0.3, -0.25) is 10.1 Å². The van der Waals surface area contributed by atoms with Crippen molar-refractivity contribution >= 4 is 5.97 Å². The molecule has 18 heavy (non-hydrogen) atoms. The van der Waals surface area contributed by atoms with E-state index in [1.54, 1.807) is 19.9 Å². The summed E-state index contributed by atoms with van der Waals surface area (Å²) in [6.45, 7) is 5.87. The first-order valence-corrected chi connectivity index (χ1v) is 6.26. The number of hydrogen-bond donors (Lipinski definition) is 1. The van der Waals surface area contributed by atoms with Crippen LogP contribution in [0.15, 0.2) is 24.3 Å². The largest absolute Gasteiger partial charge is 0.465 e. The lowest BCUT2D eigenvalue weighted by Gasteiger charge is -2.21. The van der Waals surface area contributed by atoms with Crippen LogP contribution in [0.3, 0.4) is 0 Å². The molecular weight excluding hydrogens is 233 g/mol. The lowest BCUT2D eigenvalue weighted by Crippen LogP contribution is -2.37. The number of ether oxygens (including phenoxy) is 1. The Kier molecular flexibility index (Phi) is 5.78. The van der Waals surface area contributed by atoms with Crippen LogP contribution in [0.1, 0.15) is 38.8 Å². The van der Waals surface area contributed by atoms with Crippen molar-refractivity contribution in [1.82, 2.24) is 5.32 Å². The molecule has 0 bridgehead atoms. The van der Waals surface area contributed by atoms with Crippen molar-refractivity contribution in [3.05, 3.63) is 35.6 Å². The second kappa shape index (κ2) is 7.11. The summed E-state index contributed by atoms with van der Waals surface area (Å²) in [7, 11) is 0. The molecule has 0 amide bonds. The molecule has 0 aliphatic rings. The SMILES string of the molecule is CCOC(=O)C(C)NC(CC)c1cccc(F)c1. The molecule has 0 spiro atoms. The zero-order valence-corrected chi connectivity index (χ0v) is 11.1. The topological polar surface area (TPSA) is 38.3 Å². The summed E-state index contributed by atoms with van der Waals surface area (Å²) in [6.07, 6.45) is 0.771.